The number of nitrogens with two attached hydrogens (primary N) is 1. The van der Waals surface area contributed by atoms with E-state index in [9.17, 15) is 9.59 Å². The predicted molar refractivity (Wildman–Crippen MR) is 74.6 cm³/mol. The minimum absolute atomic E-state index is 0.232. The molecular formula is C14H21N3O2. The SMILES string of the molecule is Cc1ccc(CNC(=O)NCCCC(N)=O)c(C)c1. The van der Waals surface area contributed by atoms with E-state index in [-0.39, 0.29) is 18.4 Å². The van der Waals surface area contributed by atoms with Crippen LogP contribution in [0, 0.1) is 13.8 Å². The summed E-state index contributed by atoms with van der Waals surface area (Å²) < 4.78 is 0. The normalized spacial score (nSPS) is 10.0. The van der Waals surface area contributed by atoms with Gasteiger partial charge in [-0.3, -0.25) is 4.79 Å². The molecule has 19 heavy (non-hydrogen) atoms. The van der Waals surface area contributed by atoms with Gasteiger partial charge in [0.25, 0.3) is 0 Å². The average Bonchev–Trinajstić information content (AvgIpc) is 2.33. The summed E-state index contributed by atoms with van der Waals surface area (Å²) in [6.45, 7) is 5.00. The Kier molecular flexibility index (Phi) is 5.85. The van der Waals surface area contributed by atoms with Crippen LogP contribution in [0.3, 0.4) is 0 Å². The van der Waals surface area contributed by atoms with Crippen LogP contribution in [0.2, 0.25) is 0 Å². The van der Waals surface area contributed by atoms with Crippen molar-refractivity contribution in [3.63, 3.8) is 0 Å². The number of amides is 3. The molecule has 0 bridgehead atoms. The van der Waals surface area contributed by atoms with Crippen LogP contribution in [-0.4, -0.2) is 18.5 Å². The van der Waals surface area contributed by atoms with E-state index in [2.05, 4.69) is 16.7 Å². The smallest absolute Gasteiger partial charge is 0.315 e. The second-order valence-corrected chi connectivity index (χ2v) is 4.61. The van der Waals surface area contributed by atoms with E-state index >= 15 is 0 Å². The third-order valence-corrected chi connectivity index (χ3v) is 2.82. The summed E-state index contributed by atoms with van der Waals surface area (Å²) in [7, 11) is 0. The van der Waals surface area contributed by atoms with Crippen LogP contribution in [0.15, 0.2) is 18.2 Å². The summed E-state index contributed by atoms with van der Waals surface area (Å²) in [5.74, 6) is -0.350. The second kappa shape index (κ2) is 7.41. The summed E-state index contributed by atoms with van der Waals surface area (Å²) in [4.78, 5) is 22.0. The highest BCUT2D eigenvalue weighted by molar-refractivity contribution is 5.75. The zero-order valence-corrected chi connectivity index (χ0v) is 11.5. The molecule has 1 rings (SSSR count). The first-order valence-electron chi connectivity index (χ1n) is 6.35. The Morgan fingerprint density at radius 1 is 1.21 bits per heavy atom. The molecule has 0 unspecified atom stereocenters. The lowest BCUT2D eigenvalue weighted by Crippen LogP contribution is -2.36. The number of urea groups is 1. The van der Waals surface area contributed by atoms with E-state index in [4.69, 9.17) is 5.73 Å². The monoisotopic (exact) mass is 263 g/mol. The van der Waals surface area contributed by atoms with Crippen molar-refractivity contribution < 1.29 is 9.59 Å². The van der Waals surface area contributed by atoms with Crippen LogP contribution in [0.5, 0.6) is 0 Å². The van der Waals surface area contributed by atoms with E-state index in [1.807, 2.05) is 26.0 Å². The number of hydrogen-bond donors (Lipinski definition) is 3. The molecule has 1 aromatic rings. The lowest BCUT2D eigenvalue weighted by atomic mass is 10.1. The molecule has 104 valence electrons. The van der Waals surface area contributed by atoms with Gasteiger partial charge in [0.1, 0.15) is 0 Å². The van der Waals surface area contributed by atoms with Gasteiger partial charge in [0.2, 0.25) is 5.91 Å². The molecule has 0 aromatic heterocycles. The summed E-state index contributed by atoms with van der Waals surface area (Å²) >= 11 is 0. The number of hydrogen-bond acceptors (Lipinski definition) is 2. The van der Waals surface area contributed by atoms with Crippen molar-refractivity contribution in [3.8, 4) is 0 Å². The number of carbonyl (C=O) groups excluding carboxylic acids is 2. The van der Waals surface area contributed by atoms with Crippen molar-refractivity contribution in [1.82, 2.24) is 10.6 Å². The number of nitrogens with one attached hydrogen (secondary N) is 2. The predicted octanol–water partition coefficient (Wildman–Crippen LogP) is 1.37. The first-order valence-corrected chi connectivity index (χ1v) is 6.35. The molecule has 0 radical (unpaired) electrons. The first-order chi connectivity index (χ1) is 8.99. The van der Waals surface area contributed by atoms with E-state index in [1.165, 1.54) is 5.56 Å². The van der Waals surface area contributed by atoms with E-state index in [1.54, 1.807) is 0 Å². The molecule has 0 atom stereocenters. The van der Waals surface area contributed by atoms with Crippen LogP contribution in [0.25, 0.3) is 0 Å². The molecule has 0 heterocycles. The van der Waals surface area contributed by atoms with Gasteiger partial charge >= 0.3 is 6.03 Å². The fourth-order valence-electron chi connectivity index (χ4n) is 1.75. The first kappa shape index (κ1) is 15.0. The number of benzene rings is 1. The Balaban J connectivity index is 2.28. The topological polar surface area (TPSA) is 84.2 Å². The molecule has 0 saturated carbocycles. The Morgan fingerprint density at radius 3 is 2.58 bits per heavy atom. The van der Waals surface area contributed by atoms with Crippen LogP contribution in [-0.2, 0) is 11.3 Å². The lowest BCUT2D eigenvalue weighted by Gasteiger charge is -2.09. The second-order valence-electron chi connectivity index (χ2n) is 4.61. The van der Waals surface area contributed by atoms with E-state index in [0.717, 1.165) is 11.1 Å². The third kappa shape index (κ3) is 5.90. The molecule has 0 saturated heterocycles. The summed E-state index contributed by atoms with van der Waals surface area (Å²) in [5, 5.41) is 5.46. The Bertz CT molecular complexity index is 458. The quantitative estimate of drug-likeness (QED) is 0.677. The molecule has 0 aliphatic carbocycles. The maximum Gasteiger partial charge on any atom is 0.315 e. The van der Waals surface area contributed by atoms with Crippen molar-refractivity contribution in [2.24, 2.45) is 5.73 Å². The molecule has 5 heteroatoms. The van der Waals surface area contributed by atoms with Gasteiger partial charge in [0.15, 0.2) is 0 Å². The molecular weight excluding hydrogens is 242 g/mol. The third-order valence-electron chi connectivity index (χ3n) is 2.82. The zero-order chi connectivity index (χ0) is 14.3. The van der Waals surface area contributed by atoms with E-state index < -0.39 is 0 Å². The maximum absolute atomic E-state index is 11.5. The van der Waals surface area contributed by atoms with Crippen LogP contribution < -0.4 is 16.4 Å². The number of primary amides is 1. The summed E-state index contributed by atoms with van der Waals surface area (Å²) in [6.07, 6.45) is 0.851. The Labute approximate surface area is 113 Å². The van der Waals surface area contributed by atoms with Crippen molar-refractivity contribution in [1.29, 1.82) is 0 Å². The molecule has 0 spiro atoms. The highest BCUT2D eigenvalue weighted by Crippen LogP contribution is 2.09. The van der Waals surface area contributed by atoms with Gasteiger partial charge in [0, 0.05) is 19.5 Å². The zero-order valence-electron chi connectivity index (χ0n) is 11.5. The molecule has 0 aliphatic heterocycles. The number of carbonyl (C=O) groups is 2. The van der Waals surface area contributed by atoms with Crippen LogP contribution in [0.1, 0.15) is 29.5 Å². The van der Waals surface area contributed by atoms with Gasteiger partial charge in [-0.25, -0.2) is 4.79 Å². The Morgan fingerprint density at radius 2 is 1.95 bits per heavy atom. The van der Waals surface area contributed by atoms with Gasteiger partial charge in [-0.05, 0) is 31.4 Å². The molecule has 1 aromatic carbocycles. The lowest BCUT2D eigenvalue weighted by molar-refractivity contribution is -0.118. The van der Waals surface area contributed by atoms with Gasteiger partial charge < -0.3 is 16.4 Å². The van der Waals surface area contributed by atoms with Gasteiger partial charge in [0.05, 0.1) is 0 Å². The minimum Gasteiger partial charge on any atom is -0.370 e. The van der Waals surface area contributed by atoms with Gasteiger partial charge in [-0.1, -0.05) is 23.8 Å². The average molecular weight is 263 g/mol. The Hall–Kier alpha value is -2.04. The highest BCUT2D eigenvalue weighted by Gasteiger charge is 2.02. The standard InChI is InChI=1S/C14H21N3O2/c1-10-5-6-12(11(2)8-10)9-17-14(19)16-7-3-4-13(15)18/h5-6,8H,3-4,7,9H2,1-2H3,(H2,15,18)(H2,16,17,19). The number of rotatable bonds is 6. The molecule has 0 aliphatic rings. The minimum atomic E-state index is -0.350. The van der Waals surface area contributed by atoms with Gasteiger partial charge in [-0.2, -0.15) is 0 Å². The van der Waals surface area contributed by atoms with Crippen molar-refractivity contribution >= 4 is 11.9 Å². The summed E-state index contributed by atoms with van der Waals surface area (Å²) in [5.41, 5.74) is 8.47. The van der Waals surface area contributed by atoms with Gasteiger partial charge in [-0.15, -0.1) is 0 Å². The van der Waals surface area contributed by atoms with Crippen molar-refractivity contribution in [3.05, 3.63) is 34.9 Å². The fraction of sp³-hybridized carbons (Fsp3) is 0.429. The summed E-state index contributed by atoms with van der Waals surface area (Å²) in [6, 6.07) is 5.89. The fourth-order valence-corrected chi connectivity index (χ4v) is 1.75. The number of aryl methyl sites for hydroxylation is 2. The van der Waals surface area contributed by atoms with E-state index in [0.29, 0.717) is 19.5 Å². The van der Waals surface area contributed by atoms with Crippen LogP contribution >= 0.6 is 0 Å². The molecule has 0 fully saturated rings. The largest absolute Gasteiger partial charge is 0.370 e. The van der Waals surface area contributed by atoms with Crippen LogP contribution in [0.4, 0.5) is 4.79 Å². The molecule has 4 N–H and O–H groups in total. The highest BCUT2D eigenvalue weighted by atomic mass is 16.2. The molecule has 5 nitrogen and oxygen atoms in total. The van der Waals surface area contributed by atoms with Crippen molar-refractivity contribution in [2.45, 2.75) is 33.2 Å². The molecule has 3 amide bonds. The van der Waals surface area contributed by atoms with Crippen molar-refractivity contribution in [2.75, 3.05) is 6.54 Å². The maximum atomic E-state index is 11.5.